The number of fused-ring (bicyclic) bond motifs is 2. The van der Waals surface area contributed by atoms with E-state index < -0.39 is 5.91 Å². The second-order valence-electron chi connectivity index (χ2n) is 6.01. The lowest BCUT2D eigenvalue weighted by Crippen LogP contribution is -2.25. The largest absolute Gasteiger partial charge is 0.292 e. The number of benzene rings is 2. The van der Waals surface area contributed by atoms with E-state index in [0.29, 0.717) is 10.8 Å². The van der Waals surface area contributed by atoms with Crippen LogP contribution in [0.1, 0.15) is 28.0 Å². The lowest BCUT2D eigenvalue weighted by molar-refractivity contribution is 0.0950. The number of hydrogen-bond acceptors (Lipinski definition) is 4. The number of aromatic amines is 1. The molecule has 1 aliphatic rings. The maximum absolute atomic E-state index is 12.5. The second-order valence-corrected chi connectivity index (χ2v) is 6.01. The lowest BCUT2D eigenvalue weighted by atomic mass is 9.90. The molecule has 0 saturated carbocycles. The Bertz CT molecular complexity index is 1050. The van der Waals surface area contributed by atoms with Gasteiger partial charge in [-0.1, -0.05) is 42.5 Å². The molecule has 1 aromatic heterocycles. The summed E-state index contributed by atoms with van der Waals surface area (Å²) < 4.78 is 0. The minimum Gasteiger partial charge on any atom is -0.267 e. The topological polar surface area (TPSA) is 87.2 Å². The summed E-state index contributed by atoms with van der Waals surface area (Å²) in [6.07, 6.45) is 2.47. The first-order valence-corrected chi connectivity index (χ1v) is 8.12. The molecule has 1 amide bonds. The van der Waals surface area contributed by atoms with Gasteiger partial charge in [0.1, 0.15) is 0 Å². The van der Waals surface area contributed by atoms with Crippen LogP contribution in [-0.4, -0.2) is 21.8 Å². The Hall–Kier alpha value is -3.28. The Morgan fingerprint density at radius 3 is 2.56 bits per heavy atom. The SMILES string of the molecule is O=C(N/N=C1/CCc2ccccc2C1)c1n[nH]c(=O)c2ccccc12. The molecular formula is C19H16N4O2. The van der Waals surface area contributed by atoms with Crippen molar-refractivity contribution in [1.82, 2.24) is 15.6 Å². The van der Waals surface area contributed by atoms with Gasteiger partial charge in [-0.15, -0.1) is 0 Å². The summed E-state index contributed by atoms with van der Waals surface area (Å²) >= 11 is 0. The Morgan fingerprint density at radius 1 is 1.00 bits per heavy atom. The van der Waals surface area contributed by atoms with E-state index in [1.54, 1.807) is 24.3 Å². The fourth-order valence-electron chi connectivity index (χ4n) is 3.13. The van der Waals surface area contributed by atoms with Gasteiger partial charge in [-0.2, -0.15) is 10.2 Å². The third-order valence-electron chi connectivity index (χ3n) is 4.42. The molecule has 0 fully saturated rings. The number of hydrazone groups is 1. The van der Waals surface area contributed by atoms with Crippen LogP contribution in [0.3, 0.4) is 0 Å². The molecule has 1 aliphatic carbocycles. The van der Waals surface area contributed by atoms with Crippen molar-refractivity contribution in [3.8, 4) is 0 Å². The van der Waals surface area contributed by atoms with Crippen LogP contribution in [0, 0.1) is 0 Å². The summed E-state index contributed by atoms with van der Waals surface area (Å²) in [7, 11) is 0. The molecule has 25 heavy (non-hydrogen) atoms. The molecule has 0 atom stereocenters. The zero-order valence-corrected chi connectivity index (χ0v) is 13.5. The summed E-state index contributed by atoms with van der Waals surface area (Å²) in [4.78, 5) is 24.3. The van der Waals surface area contributed by atoms with Crippen molar-refractivity contribution >= 4 is 22.4 Å². The highest BCUT2D eigenvalue weighted by Crippen LogP contribution is 2.19. The summed E-state index contributed by atoms with van der Waals surface area (Å²) in [5, 5.41) is 11.5. The fourth-order valence-corrected chi connectivity index (χ4v) is 3.13. The monoisotopic (exact) mass is 332 g/mol. The highest BCUT2D eigenvalue weighted by molar-refractivity contribution is 6.05. The molecule has 2 N–H and O–H groups in total. The number of aromatic nitrogens is 2. The molecule has 0 saturated heterocycles. The van der Waals surface area contributed by atoms with E-state index in [0.717, 1.165) is 25.0 Å². The van der Waals surface area contributed by atoms with Crippen LogP contribution < -0.4 is 11.0 Å². The average Bonchev–Trinajstić information content (AvgIpc) is 2.66. The first kappa shape index (κ1) is 15.3. The highest BCUT2D eigenvalue weighted by Gasteiger charge is 2.16. The van der Waals surface area contributed by atoms with Crippen LogP contribution in [0.4, 0.5) is 0 Å². The van der Waals surface area contributed by atoms with Gasteiger partial charge in [0, 0.05) is 17.5 Å². The van der Waals surface area contributed by atoms with Gasteiger partial charge >= 0.3 is 0 Å². The van der Waals surface area contributed by atoms with Crippen molar-refractivity contribution in [1.29, 1.82) is 0 Å². The smallest absolute Gasteiger partial charge is 0.267 e. The number of carbonyl (C=O) groups excluding carboxylic acids is 1. The van der Waals surface area contributed by atoms with Crippen LogP contribution >= 0.6 is 0 Å². The highest BCUT2D eigenvalue weighted by atomic mass is 16.2. The molecule has 6 nitrogen and oxygen atoms in total. The van der Waals surface area contributed by atoms with Crippen molar-refractivity contribution in [2.75, 3.05) is 0 Å². The van der Waals surface area contributed by atoms with Gasteiger partial charge in [0.25, 0.3) is 11.5 Å². The Kier molecular flexibility index (Phi) is 3.85. The maximum Gasteiger partial charge on any atom is 0.292 e. The molecule has 3 aromatic rings. The van der Waals surface area contributed by atoms with Gasteiger partial charge in [-0.25, -0.2) is 10.5 Å². The van der Waals surface area contributed by atoms with Crippen molar-refractivity contribution in [2.45, 2.75) is 19.3 Å². The standard InChI is InChI=1S/C19H16N4O2/c24-18-16-8-4-3-7-15(16)17(21-22-18)19(25)23-20-14-10-9-12-5-1-2-6-13(12)11-14/h1-8H,9-11H2,(H,22,24)(H,23,25)/b20-14-. The first-order chi connectivity index (χ1) is 12.2. The van der Waals surface area contributed by atoms with Gasteiger partial charge < -0.3 is 0 Å². The third kappa shape index (κ3) is 2.94. The molecule has 124 valence electrons. The first-order valence-electron chi connectivity index (χ1n) is 8.12. The molecule has 4 rings (SSSR count). The maximum atomic E-state index is 12.5. The van der Waals surface area contributed by atoms with Gasteiger partial charge in [-0.05, 0) is 30.0 Å². The van der Waals surface area contributed by atoms with Gasteiger partial charge in [0.15, 0.2) is 5.69 Å². The molecule has 0 bridgehead atoms. The fraction of sp³-hybridized carbons (Fsp3) is 0.158. The molecule has 0 spiro atoms. The average molecular weight is 332 g/mol. The number of nitrogens with one attached hydrogen (secondary N) is 2. The number of hydrogen-bond donors (Lipinski definition) is 2. The van der Waals surface area contributed by atoms with Crippen LogP contribution in [0.15, 0.2) is 58.4 Å². The van der Waals surface area contributed by atoms with Gasteiger partial charge in [-0.3, -0.25) is 9.59 Å². The zero-order chi connectivity index (χ0) is 17.2. The number of carbonyl (C=O) groups is 1. The van der Waals surface area contributed by atoms with E-state index in [1.807, 2.05) is 12.1 Å². The van der Waals surface area contributed by atoms with E-state index in [-0.39, 0.29) is 11.3 Å². The minimum atomic E-state index is -0.432. The quantitative estimate of drug-likeness (QED) is 0.705. The number of H-pyrrole nitrogens is 1. The lowest BCUT2D eigenvalue weighted by Gasteiger charge is -2.17. The van der Waals surface area contributed by atoms with E-state index in [9.17, 15) is 9.59 Å². The summed E-state index contributed by atoms with van der Waals surface area (Å²) in [6.45, 7) is 0. The predicted octanol–water partition coefficient (Wildman–Crippen LogP) is 2.20. The van der Waals surface area contributed by atoms with Crippen LogP contribution in [0.2, 0.25) is 0 Å². The summed E-state index contributed by atoms with van der Waals surface area (Å²) in [6, 6.07) is 15.1. The van der Waals surface area contributed by atoms with E-state index >= 15 is 0 Å². The molecule has 6 heteroatoms. The zero-order valence-electron chi connectivity index (χ0n) is 13.5. The Labute approximate surface area is 143 Å². The Balaban J connectivity index is 1.58. The normalized spacial score (nSPS) is 15.1. The third-order valence-corrected chi connectivity index (χ3v) is 4.42. The van der Waals surface area contributed by atoms with Gasteiger partial charge in [0.2, 0.25) is 0 Å². The molecule has 2 aromatic carbocycles. The van der Waals surface area contributed by atoms with Crippen LogP contribution in [0.25, 0.3) is 10.8 Å². The number of nitrogens with zero attached hydrogens (tertiary/aromatic N) is 2. The molecule has 1 heterocycles. The predicted molar refractivity (Wildman–Crippen MR) is 95.7 cm³/mol. The molecular weight excluding hydrogens is 316 g/mol. The number of amides is 1. The van der Waals surface area contributed by atoms with Crippen molar-refractivity contribution in [3.63, 3.8) is 0 Å². The van der Waals surface area contributed by atoms with E-state index in [1.165, 1.54) is 11.1 Å². The van der Waals surface area contributed by atoms with Crippen LogP contribution in [-0.2, 0) is 12.8 Å². The number of aryl methyl sites for hydroxylation is 1. The van der Waals surface area contributed by atoms with Gasteiger partial charge in [0.05, 0.1) is 5.39 Å². The second kappa shape index (κ2) is 6.32. The molecule has 0 radical (unpaired) electrons. The van der Waals surface area contributed by atoms with Crippen LogP contribution in [0.5, 0.6) is 0 Å². The number of rotatable bonds is 2. The van der Waals surface area contributed by atoms with E-state index in [2.05, 4.69) is 32.9 Å². The van der Waals surface area contributed by atoms with E-state index in [4.69, 9.17) is 0 Å². The van der Waals surface area contributed by atoms with Crippen molar-refractivity contribution in [2.24, 2.45) is 5.10 Å². The summed E-state index contributed by atoms with van der Waals surface area (Å²) in [5.41, 5.74) is 5.93. The minimum absolute atomic E-state index is 0.163. The summed E-state index contributed by atoms with van der Waals surface area (Å²) in [5.74, 6) is -0.432. The van der Waals surface area contributed by atoms with Crippen molar-refractivity contribution < 1.29 is 4.79 Å². The van der Waals surface area contributed by atoms with Crippen molar-refractivity contribution in [3.05, 3.63) is 75.7 Å². The Morgan fingerprint density at radius 2 is 1.72 bits per heavy atom. The molecule has 0 aliphatic heterocycles. The molecule has 0 unspecified atom stereocenters.